The fourth-order valence-corrected chi connectivity index (χ4v) is 4.16. The Morgan fingerprint density at radius 2 is 1.88 bits per heavy atom. The van der Waals surface area contributed by atoms with Gasteiger partial charge in [0.15, 0.2) is 0 Å². The van der Waals surface area contributed by atoms with Crippen molar-refractivity contribution < 1.29 is 31.5 Å². The van der Waals surface area contributed by atoms with Gasteiger partial charge >= 0.3 is 12.5 Å². The Bertz CT molecular complexity index is 1240. The summed E-state index contributed by atoms with van der Waals surface area (Å²) < 4.78 is 64.2. The molecule has 2 aliphatic rings. The predicted molar refractivity (Wildman–Crippen MR) is 112 cm³/mol. The highest BCUT2D eigenvalue weighted by Gasteiger charge is 2.51. The Morgan fingerprint density at radius 1 is 1.12 bits per heavy atom. The molecule has 0 radical (unpaired) electrons. The number of ether oxygens (including phenoxy) is 1. The largest absolute Gasteiger partial charge is 0.415 e. The predicted octanol–water partition coefficient (Wildman–Crippen LogP) is 5.06. The van der Waals surface area contributed by atoms with Crippen LogP contribution in [0.4, 0.5) is 28.0 Å². The van der Waals surface area contributed by atoms with Gasteiger partial charge in [-0.2, -0.15) is 8.78 Å². The molecule has 2 saturated heterocycles. The van der Waals surface area contributed by atoms with Crippen molar-refractivity contribution >= 4 is 23.3 Å². The van der Waals surface area contributed by atoms with Gasteiger partial charge < -0.3 is 14.1 Å². The summed E-state index contributed by atoms with van der Waals surface area (Å²) >= 11 is 5.92. The van der Waals surface area contributed by atoms with E-state index < -0.39 is 24.0 Å². The fourth-order valence-electron chi connectivity index (χ4n) is 3.98. The molecule has 1 aromatic heterocycles. The van der Waals surface area contributed by atoms with Crippen LogP contribution in [0, 0.1) is 17.0 Å². The molecule has 12 heteroatoms. The summed E-state index contributed by atoms with van der Waals surface area (Å²) in [6.45, 7) is 1.99. The van der Waals surface area contributed by atoms with E-state index in [0.717, 1.165) is 12.1 Å². The van der Waals surface area contributed by atoms with Crippen LogP contribution in [0.5, 0.6) is 0 Å². The molecule has 7 nitrogen and oxygen atoms in total. The molecule has 178 valence electrons. The lowest BCUT2D eigenvalue weighted by molar-refractivity contribution is -0.174. The Labute approximate surface area is 195 Å². The first kappa shape index (κ1) is 22.6. The lowest BCUT2D eigenvalue weighted by Crippen LogP contribution is -2.68. The monoisotopic (exact) mass is 496 g/mol. The fraction of sp³-hybridized carbons (Fsp3) is 0.318. The molecule has 34 heavy (non-hydrogen) atoms. The van der Waals surface area contributed by atoms with Crippen molar-refractivity contribution in [3.8, 4) is 11.5 Å². The van der Waals surface area contributed by atoms with Crippen molar-refractivity contribution in [3.05, 3.63) is 64.5 Å². The van der Waals surface area contributed by atoms with Gasteiger partial charge in [0, 0.05) is 29.9 Å². The second kappa shape index (κ2) is 8.55. The molecule has 0 aliphatic carbocycles. The van der Waals surface area contributed by atoms with Gasteiger partial charge in [0.1, 0.15) is 11.6 Å². The Kier molecular flexibility index (Phi) is 5.68. The summed E-state index contributed by atoms with van der Waals surface area (Å²) in [4.78, 5) is 16.2. The van der Waals surface area contributed by atoms with Crippen molar-refractivity contribution in [1.82, 2.24) is 15.1 Å². The van der Waals surface area contributed by atoms with Gasteiger partial charge in [-0.15, -0.1) is 10.2 Å². The molecule has 2 aromatic carbocycles. The topological polar surface area (TPSA) is 71.7 Å². The molecule has 0 atom stereocenters. The average molecular weight is 497 g/mol. The molecule has 5 rings (SSSR count). The standard InChI is InChI=1S/C22H17ClF4N4O3/c23-15-6-14(3-4-16(15)24)31(21(32)30-8-22(9-30)10-33-11-22)7-13-2-1-12(5-17(13)25)19-28-29-20(34-19)18(26)27/h1-6,18H,7-11H2. The van der Waals surface area contributed by atoms with Crippen LogP contribution in [0.1, 0.15) is 17.9 Å². The number of aromatic nitrogens is 2. The van der Waals surface area contributed by atoms with Crippen LogP contribution < -0.4 is 4.90 Å². The number of nitrogens with zero attached hydrogens (tertiary/aromatic N) is 4. The van der Waals surface area contributed by atoms with E-state index >= 15 is 0 Å². The van der Waals surface area contributed by atoms with E-state index in [-0.39, 0.29) is 40.0 Å². The van der Waals surface area contributed by atoms with E-state index in [0.29, 0.717) is 32.0 Å². The molecule has 0 bridgehead atoms. The second-order valence-electron chi connectivity index (χ2n) is 8.37. The number of anilines is 1. The molecule has 2 amide bonds. The van der Waals surface area contributed by atoms with E-state index in [1.54, 1.807) is 4.90 Å². The van der Waals surface area contributed by atoms with Crippen LogP contribution in [0.2, 0.25) is 5.02 Å². The van der Waals surface area contributed by atoms with Crippen molar-refractivity contribution in [3.63, 3.8) is 0 Å². The first-order valence-corrected chi connectivity index (χ1v) is 10.6. The highest BCUT2D eigenvalue weighted by molar-refractivity contribution is 6.31. The molecule has 0 unspecified atom stereocenters. The number of urea groups is 1. The van der Waals surface area contributed by atoms with Crippen LogP contribution in [-0.4, -0.2) is 47.4 Å². The summed E-state index contributed by atoms with van der Waals surface area (Å²) in [5.41, 5.74) is 0.506. The molecular weight excluding hydrogens is 480 g/mol. The lowest BCUT2D eigenvalue weighted by atomic mass is 9.78. The molecule has 3 aromatic rings. The highest BCUT2D eigenvalue weighted by Crippen LogP contribution is 2.39. The van der Waals surface area contributed by atoms with E-state index in [9.17, 15) is 22.4 Å². The number of benzene rings is 2. The minimum Gasteiger partial charge on any atom is -0.415 e. The van der Waals surface area contributed by atoms with Gasteiger partial charge in [0.25, 0.3) is 5.89 Å². The van der Waals surface area contributed by atoms with Crippen LogP contribution in [0.3, 0.4) is 0 Å². The second-order valence-corrected chi connectivity index (χ2v) is 8.78. The van der Waals surface area contributed by atoms with Gasteiger partial charge in [-0.3, -0.25) is 4.90 Å². The van der Waals surface area contributed by atoms with E-state index in [4.69, 9.17) is 20.8 Å². The van der Waals surface area contributed by atoms with Crippen molar-refractivity contribution in [2.75, 3.05) is 31.2 Å². The van der Waals surface area contributed by atoms with Gasteiger partial charge in [-0.25, -0.2) is 13.6 Å². The first-order chi connectivity index (χ1) is 16.2. The maximum atomic E-state index is 15.0. The molecule has 2 fully saturated rings. The smallest absolute Gasteiger partial charge is 0.324 e. The zero-order chi connectivity index (χ0) is 24.0. The molecule has 0 saturated carbocycles. The Morgan fingerprint density at radius 3 is 2.47 bits per heavy atom. The summed E-state index contributed by atoms with van der Waals surface area (Å²) in [5.74, 6) is -2.49. The maximum Gasteiger partial charge on any atom is 0.324 e. The van der Waals surface area contributed by atoms with Crippen LogP contribution in [0.25, 0.3) is 11.5 Å². The zero-order valence-corrected chi connectivity index (χ0v) is 18.2. The molecule has 2 aliphatic heterocycles. The molecule has 3 heterocycles. The maximum absolute atomic E-state index is 15.0. The molecular formula is C22H17ClF4N4O3. The highest BCUT2D eigenvalue weighted by atomic mass is 35.5. The number of carbonyl (C=O) groups is 1. The number of amides is 2. The number of carbonyl (C=O) groups excluding carboxylic acids is 1. The minimum atomic E-state index is -2.94. The van der Waals surface area contributed by atoms with Gasteiger partial charge in [-0.05, 0) is 30.3 Å². The van der Waals surface area contributed by atoms with E-state index in [1.807, 2.05) is 0 Å². The summed E-state index contributed by atoms with van der Waals surface area (Å²) in [6, 6.07) is 7.30. The average Bonchev–Trinajstić information content (AvgIpc) is 3.23. The number of hydrogen-bond donors (Lipinski definition) is 0. The van der Waals surface area contributed by atoms with Gasteiger partial charge in [0.2, 0.25) is 5.89 Å². The summed E-state index contributed by atoms with van der Waals surface area (Å²) in [7, 11) is 0. The molecule has 0 N–H and O–H groups in total. The number of halogens is 5. The first-order valence-electron chi connectivity index (χ1n) is 10.2. The Hall–Kier alpha value is -3.18. The SMILES string of the molecule is O=C(N1CC2(COC2)C1)N(Cc1ccc(-c2nnc(C(F)F)o2)cc1F)c1ccc(F)c(Cl)c1. The van der Waals surface area contributed by atoms with E-state index in [2.05, 4.69) is 10.2 Å². The van der Waals surface area contributed by atoms with Crippen LogP contribution in [-0.2, 0) is 11.3 Å². The molecule has 1 spiro atoms. The van der Waals surface area contributed by atoms with Crippen molar-refractivity contribution in [2.45, 2.75) is 13.0 Å². The zero-order valence-electron chi connectivity index (χ0n) is 17.5. The van der Waals surface area contributed by atoms with Crippen molar-refractivity contribution in [1.29, 1.82) is 0 Å². The lowest BCUT2D eigenvalue weighted by Gasteiger charge is -2.55. The number of rotatable bonds is 5. The summed E-state index contributed by atoms with van der Waals surface area (Å²) in [5, 5.41) is 6.56. The quantitative estimate of drug-likeness (QED) is 0.461. The normalized spacial score (nSPS) is 16.5. The summed E-state index contributed by atoms with van der Waals surface area (Å²) in [6.07, 6.45) is -2.94. The number of hydrogen-bond acceptors (Lipinski definition) is 5. The number of alkyl halides is 2. The Balaban J connectivity index is 1.41. The van der Waals surface area contributed by atoms with E-state index in [1.165, 1.54) is 29.2 Å². The van der Waals surface area contributed by atoms with Crippen molar-refractivity contribution in [2.24, 2.45) is 5.41 Å². The third-order valence-corrected chi connectivity index (χ3v) is 6.13. The third-order valence-electron chi connectivity index (χ3n) is 5.84. The van der Waals surface area contributed by atoms with Gasteiger partial charge in [0.05, 0.1) is 30.2 Å². The third kappa shape index (κ3) is 4.09. The van der Waals surface area contributed by atoms with Crippen LogP contribution >= 0.6 is 11.6 Å². The van der Waals surface area contributed by atoms with Crippen LogP contribution in [0.15, 0.2) is 40.8 Å². The van der Waals surface area contributed by atoms with Gasteiger partial charge in [-0.1, -0.05) is 17.7 Å². The minimum absolute atomic E-state index is 0.0319. The number of likely N-dealkylation sites (tertiary alicyclic amines) is 1.